The van der Waals surface area contributed by atoms with Crippen LogP contribution >= 0.6 is 0 Å². The Balaban J connectivity index is 1.39. The Bertz CT molecular complexity index is 843. The molecule has 0 spiro atoms. The van der Waals surface area contributed by atoms with Crippen molar-refractivity contribution in [2.24, 2.45) is 0 Å². The number of carbonyl (C=O) groups excluding carboxylic acids is 2. The summed E-state index contributed by atoms with van der Waals surface area (Å²) in [7, 11) is 0. The van der Waals surface area contributed by atoms with E-state index in [1.165, 1.54) is 31.3 Å². The van der Waals surface area contributed by atoms with Crippen molar-refractivity contribution in [2.75, 3.05) is 54.4 Å². The Hall–Kier alpha value is -3.16. The molecule has 2 aliphatic heterocycles. The van der Waals surface area contributed by atoms with Crippen LogP contribution in [0.5, 0.6) is 0 Å². The first-order valence-corrected chi connectivity index (χ1v) is 10.2. The van der Waals surface area contributed by atoms with Crippen molar-refractivity contribution in [3.63, 3.8) is 0 Å². The zero-order valence-electron chi connectivity index (χ0n) is 16.5. The molecule has 1 aromatic heterocycles. The molecule has 0 atom stereocenters. The number of aromatic nitrogens is 2. The van der Waals surface area contributed by atoms with E-state index in [-0.39, 0.29) is 5.91 Å². The highest BCUT2D eigenvalue weighted by Gasteiger charge is 2.18. The van der Waals surface area contributed by atoms with Crippen LogP contribution in [-0.4, -0.2) is 66.5 Å². The third-order valence-corrected chi connectivity index (χ3v) is 5.52. The zero-order chi connectivity index (χ0) is 20.1. The molecular formula is C21H26N6O2. The van der Waals surface area contributed by atoms with Gasteiger partial charge in [-0.2, -0.15) is 0 Å². The van der Waals surface area contributed by atoms with Crippen molar-refractivity contribution in [1.82, 2.24) is 14.9 Å². The van der Waals surface area contributed by atoms with Crippen LogP contribution in [0.25, 0.3) is 0 Å². The lowest BCUT2D eigenvalue weighted by molar-refractivity contribution is -0.118. The number of hydrogen-bond acceptors (Lipinski definition) is 6. The molecule has 2 aliphatic rings. The summed E-state index contributed by atoms with van der Waals surface area (Å²) in [5.74, 6) is 0.446. The van der Waals surface area contributed by atoms with Gasteiger partial charge in [-0.15, -0.1) is 0 Å². The van der Waals surface area contributed by atoms with Gasteiger partial charge in [-0.25, -0.2) is 9.97 Å². The summed E-state index contributed by atoms with van der Waals surface area (Å²) in [6.07, 6.45) is 6.05. The molecule has 2 aromatic rings. The van der Waals surface area contributed by atoms with Crippen LogP contribution in [0.15, 0.2) is 36.7 Å². The number of rotatable bonds is 5. The summed E-state index contributed by atoms with van der Waals surface area (Å²) in [6.45, 7) is 4.87. The number of nitrogens with one attached hydrogen (secondary N) is 1. The first kappa shape index (κ1) is 19.2. The summed E-state index contributed by atoms with van der Waals surface area (Å²) in [4.78, 5) is 38.1. The predicted octanol–water partition coefficient (Wildman–Crippen LogP) is 2.00. The second-order valence-corrected chi connectivity index (χ2v) is 7.44. The molecule has 2 fully saturated rings. The van der Waals surface area contributed by atoms with E-state index >= 15 is 0 Å². The fourth-order valence-electron chi connectivity index (χ4n) is 3.80. The Morgan fingerprint density at radius 3 is 2.31 bits per heavy atom. The van der Waals surface area contributed by atoms with E-state index in [0.29, 0.717) is 37.7 Å². The van der Waals surface area contributed by atoms with Gasteiger partial charge in [-0.1, -0.05) is 0 Å². The molecule has 2 saturated heterocycles. The van der Waals surface area contributed by atoms with E-state index in [4.69, 9.17) is 0 Å². The van der Waals surface area contributed by atoms with Crippen LogP contribution in [0.4, 0.5) is 17.2 Å². The number of anilines is 3. The molecule has 1 aromatic carbocycles. The van der Waals surface area contributed by atoms with Gasteiger partial charge in [0.1, 0.15) is 17.8 Å². The summed E-state index contributed by atoms with van der Waals surface area (Å²) in [6, 6.07) is 9.68. The highest BCUT2D eigenvalue weighted by molar-refractivity contribution is 6.03. The average molecular weight is 394 g/mol. The van der Waals surface area contributed by atoms with Gasteiger partial charge in [0, 0.05) is 56.7 Å². The van der Waals surface area contributed by atoms with E-state index in [0.717, 1.165) is 25.2 Å². The maximum atomic E-state index is 12.6. The van der Waals surface area contributed by atoms with E-state index in [1.54, 1.807) is 11.0 Å². The zero-order valence-corrected chi connectivity index (χ0v) is 16.5. The van der Waals surface area contributed by atoms with Crippen LogP contribution < -0.4 is 15.1 Å². The average Bonchev–Trinajstić information content (AvgIpc) is 2.80. The summed E-state index contributed by atoms with van der Waals surface area (Å²) >= 11 is 0. The Morgan fingerprint density at radius 1 is 0.897 bits per heavy atom. The van der Waals surface area contributed by atoms with Crippen LogP contribution in [-0.2, 0) is 4.79 Å². The topological polar surface area (TPSA) is 81.7 Å². The smallest absolute Gasteiger partial charge is 0.274 e. The van der Waals surface area contributed by atoms with E-state index in [9.17, 15) is 9.59 Å². The fourth-order valence-corrected chi connectivity index (χ4v) is 3.80. The van der Waals surface area contributed by atoms with Gasteiger partial charge in [-0.05, 0) is 43.5 Å². The second-order valence-electron chi connectivity index (χ2n) is 7.44. The van der Waals surface area contributed by atoms with Crippen molar-refractivity contribution in [2.45, 2.75) is 19.3 Å². The molecule has 3 heterocycles. The molecule has 0 unspecified atom stereocenters. The highest BCUT2D eigenvalue weighted by Crippen LogP contribution is 2.22. The standard InChI is InChI=1S/C21H26N6O2/c28-16-25-10-12-27(13-11-25)20-14-19(22-15-23-20)21(29)24-17-4-6-18(7-5-17)26-8-2-1-3-9-26/h4-7,14-16H,1-3,8-13H2,(H,24,29). The molecule has 1 N–H and O–H groups in total. The van der Waals surface area contributed by atoms with E-state index in [2.05, 4.69) is 37.2 Å². The Morgan fingerprint density at radius 2 is 1.62 bits per heavy atom. The lowest BCUT2D eigenvalue weighted by Gasteiger charge is -2.33. The molecular weight excluding hydrogens is 368 g/mol. The highest BCUT2D eigenvalue weighted by atomic mass is 16.2. The van der Waals surface area contributed by atoms with Crippen LogP contribution in [0.2, 0.25) is 0 Å². The minimum absolute atomic E-state index is 0.258. The third kappa shape index (κ3) is 4.64. The monoisotopic (exact) mass is 394 g/mol. The van der Waals surface area contributed by atoms with Gasteiger partial charge in [-0.3, -0.25) is 9.59 Å². The summed E-state index contributed by atoms with van der Waals surface area (Å²) < 4.78 is 0. The second kappa shape index (κ2) is 8.89. The molecule has 4 rings (SSSR count). The number of amides is 2. The van der Waals surface area contributed by atoms with Crippen LogP contribution in [0.1, 0.15) is 29.8 Å². The quantitative estimate of drug-likeness (QED) is 0.781. The minimum atomic E-state index is -0.258. The first-order valence-electron chi connectivity index (χ1n) is 10.2. The molecule has 8 nitrogen and oxygen atoms in total. The minimum Gasteiger partial charge on any atom is -0.372 e. The summed E-state index contributed by atoms with van der Waals surface area (Å²) in [5, 5.41) is 2.91. The van der Waals surface area contributed by atoms with Gasteiger partial charge in [0.05, 0.1) is 0 Å². The number of nitrogens with zero attached hydrogens (tertiary/aromatic N) is 5. The van der Waals surface area contributed by atoms with Crippen LogP contribution in [0, 0.1) is 0 Å². The van der Waals surface area contributed by atoms with Gasteiger partial charge < -0.3 is 20.0 Å². The van der Waals surface area contributed by atoms with Crippen molar-refractivity contribution in [3.8, 4) is 0 Å². The SMILES string of the molecule is O=CN1CCN(c2cc(C(=O)Nc3ccc(N4CCCCC4)cc3)ncn2)CC1. The number of piperidine rings is 1. The third-order valence-electron chi connectivity index (χ3n) is 5.52. The normalized spacial score (nSPS) is 17.2. The number of carbonyl (C=O) groups is 2. The molecule has 8 heteroatoms. The largest absolute Gasteiger partial charge is 0.372 e. The molecule has 29 heavy (non-hydrogen) atoms. The van der Waals surface area contributed by atoms with Crippen molar-refractivity contribution < 1.29 is 9.59 Å². The van der Waals surface area contributed by atoms with Crippen molar-refractivity contribution in [3.05, 3.63) is 42.4 Å². The Labute approximate surface area is 170 Å². The van der Waals surface area contributed by atoms with Gasteiger partial charge in [0.2, 0.25) is 6.41 Å². The number of piperazine rings is 1. The molecule has 2 amide bonds. The Kier molecular flexibility index (Phi) is 5.88. The molecule has 0 saturated carbocycles. The summed E-state index contributed by atoms with van der Waals surface area (Å²) in [5.41, 5.74) is 2.27. The van der Waals surface area contributed by atoms with E-state index < -0.39 is 0 Å². The molecule has 152 valence electrons. The molecule has 0 radical (unpaired) electrons. The van der Waals surface area contributed by atoms with E-state index in [1.807, 2.05) is 12.1 Å². The molecule has 0 aliphatic carbocycles. The molecule has 0 bridgehead atoms. The van der Waals surface area contributed by atoms with Crippen LogP contribution in [0.3, 0.4) is 0 Å². The maximum Gasteiger partial charge on any atom is 0.274 e. The predicted molar refractivity (Wildman–Crippen MR) is 112 cm³/mol. The number of hydrogen-bond donors (Lipinski definition) is 1. The first-order chi connectivity index (χ1) is 14.2. The maximum absolute atomic E-state index is 12.6. The lowest BCUT2D eigenvalue weighted by atomic mass is 10.1. The van der Waals surface area contributed by atoms with Gasteiger partial charge in [0.15, 0.2) is 0 Å². The van der Waals surface area contributed by atoms with Crippen molar-refractivity contribution >= 4 is 29.5 Å². The fraction of sp³-hybridized carbons (Fsp3) is 0.429. The van der Waals surface area contributed by atoms with Gasteiger partial charge >= 0.3 is 0 Å². The lowest BCUT2D eigenvalue weighted by Crippen LogP contribution is -2.46. The number of benzene rings is 1. The van der Waals surface area contributed by atoms with Crippen molar-refractivity contribution in [1.29, 1.82) is 0 Å². The van der Waals surface area contributed by atoms with Gasteiger partial charge in [0.25, 0.3) is 5.91 Å².